The Balaban J connectivity index is 2.67. The highest BCUT2D eigenvalue weighted by Gasteiger charge is 2.19. The molecule has 1 rings (SSSR count). The summed E-state index contributed by atoms with van der Waals surface area (Å²) in [6.07, 6.45) is 1.27. The van der Waals surface area contributed by atoms with Crippen LogP contribution in [0, 0.1) is 13.8 Å². The minimum absolute atomic E-state index is 0.486. The Morgan fingerprint density at radius 2 is 2.11 bits per heavy atom. The van der Waals surface area contributed by atoms with Gasteiger partial charge in [0.15, 0.2) is 6.10 Å². The maximum Gasteiger partial charge on any atom is 0.344 e. The third-order valence-corrected chi connectivity index (χ3v) is 2.80. The summed E-state index contributed by atoms with van der Waals surface area (Å²) in [6.45, 7) is 4.49. The van der Waals surface area contributed by atoms with E-state index in [1.54, 1.807) is 0 Å². The Labute approximate surface area is 108 Å². The number of carbonyl (C=O) groups is 1. The molecule has 1 aromatic rings. The normalized spacial score (nSPS) is 12.2. The highest BCUT2D eigenvalue weighted by atomic mass is 16.5. The van der Waals surface area contributed by atoms with Crippen molar-refractivity contribution in [2.45, 2.75) is 39.2 Å². The summed E-state index contributed by atoms with van der Waals surface area (Å²) >= 11 is 0. The fraction of sp³-hybridized carbons (Fsp3) is 0.500. The van der Waals surface area contributed by atoms with Crippen LogP contribution < -0.4 is 10.5 Å². The molecule has 1 aromatic carbocycles. The summed E-state index contributed by atoms with van der Waals surface area (Å²) in [6, 6.07) is 5.72. The monoisotopic (exact) mass is 251 g/mol. The van der Waals surface area contributed by atoms with Crippen molar-refractivity contribution < 1.29 is 14.6 Å². The minimum Gasteiger partial charge on any atom is -0.479 e. The van der Waals surface area contributed by atoms with Gasteiger partial charge in [-0.2, -0.15) is 0 Å². The number of carboxylic acids is 1. The van der Waals surface area contributed by atoms with Crippen LogP contribution in [0.4, 0.5) is 0 Å². The van der Waals surface area contributed by atoms with Crippen LogP contribution in [0.5, 0.6) is 5.75 Å². The van der Waals surface area contributed by atoms with Crippen LogP contribution in [0.15, 0.2) is 18.2 Å². The molecule has 0 saturated heterocycles. The van der Waals surface area contributed by atoms with Crippen molar-refractivity contribution in [1.82, 2.24) is 0 Å². The molecule has 0 bridgehead atoms. The molecule has 0 radical (unpaired) electrons. The van der Waals surface area contributed by atoms with E-state index in [1.807, 2.05) is 32.0 Å². The van der Waals surface area contributed by atoms with E-state index in [1.165, 1.54) is 0 Å². The summed E-state index contributed by atoms with van der Waals surface area (Å²) in [5.74, 6) is -0.284. The predicted octanol–water partition coefficient (Wildman–Crippen LogP) is 2.26. The molecule has 0 aromatic heterocycles. The average Bonchev–Trinajstić information content (AvgIpc) is 2.30. The molecule has 3 N–H and O–H groups in total. The first-order chi connectivity index (χ1) is 8.54. The molecule has 100 valence electrons. The number of hydrogen-bond donors (Lipinski definition) is 2. The average molecular weight is 251 g/mol. The van der Waals surface area contributed by atoms with Crippen LogP contribution in [0.1, 0.15) is 30.4 Å². The molecule has 0 aliphatic rings. The molecule has 0 saturated carbocycles. The van der Waals surface area contributed by atoms with Crippen molar-refractivity contribution in [3.63, 3.8) is 0 Å². The molecule has 1 atom stereocenters. The van der Waals surface area contributed by atoms with E-state index in [-0.39, 0.29) is 0 Å². The molecular weight excluding hydrogens is 230 g/mol. The van der Waals surface area contributed by atoms with Crippen LogP contribution >= 0.6 is 0 Å². The van der Waals surface area contributed by atoms with Gasteiger partial charge < -0.3 is 15.6 Å². The predicted molar refractivity (Wildman–Crippen MR) is 70.9 cm³/mol. The highest BCUT2D eigenvalue weighted by molar-refractivity contribution is 5.72. The molecule has 0 amide bonds. The number of hydrogen-bond acceptors (Lipinski definition) is 3. The Morgan fingerprint density at radius 1 is 1.39 bits per heavy atom. The molecule has 0 heterocycles. The molecule has 18 heavy (non-hydrogen) atoms. The number of rotatable bonds is 7. The first-order valence-electron chi connectivity index (χ1n) is 6.21. The van der Waals surface area contributed by atoms with Gasteiger partial charge >= 0.3 is 5.97 Å². The van der Waals surface area contributed by atoms with Gasteiger partial charge in [0.05, 0.1) is 0 Å². The second-order valence-corrected chi connectivity index (χ2v) is 4.50. The lowest BCUT2D eigenvalue weighted by molar-refractivity contribution is -0.145. The summed E-state index contributed by atoms with van der Waals surface area (Å²) in [7, 11) is 0. The van der Waals surface area contributed by atoms with Crippen molar-refractivity contribution in [1.29, 1.82) is 0 Å². The van der Waals surface area contributed by atoms with Gasteiger partial charge in [-0.1, -0.05) is 17.7 Å². The van der Waals surface area contributed by atoms with E-state index < -0.39 is 12.1 Å². The number of nitrogens with two attached hydrogens (primary N) is 1. The molecule has 0 fully saturated rings. The number of aliphatic carboxylic acids is 1. The Bertz CT molecular complexity index is 404. The van der Waals surface area contributed by atoms with Gasteiger partial charge in [0, 0.05) is 0 Å². The zero-order chi connectivity index (χ0) is 13.5. The maximum atomic E-state index is 11.1. The second-order valence-electron chi connectivity index (χ2n) is 4.50. The van der Waals surface area contributed by atoms with E-state index in [0.717, 1.165) is 24.0 Å². The van der Waals surface area contributed by atoms with Crippen molar-refractivity contribution in [2.75, 3.05) is 6.54 Å². The van der Waals surface area contributed by atoms with Crippen LogP contribution in [-0.4, -0.2) is 23.7 Å². The van der Waals surface area contributed by atoms with Gasteiger partial charge in [0.2, 0.25) is 0 Å². The largest absolute Gasteiger partial charge is 0.479 e. The molecule has 0 aliphatic carbocycles. The van der Waals surface area contributed by atoms with E-state index in [9.17, 15) is 4.79 Å². The first kappa shape index (κ1) is 14.5. The Hall–Kier alpha value is -1.55. The molecule has 4 nitrogen and oxygen atoms in total. The van der Waals surface area contributed by atoms with Gasteiger partial charge in [-0.15, -0.1) is 0 Å². The van der Waals surface area contributed by atoms with Crippen molar-refractivity contribution in [3.8, 4) is 5.75 Å². The quantitative estimate of drug-likeness (QED) is 0.729. The maximum absolute atomic E-state index is 11.1. The van der Waals surface area contributed by atoms with Crippen molar-refractivity contribution >= 4 is 5.97 Å². The van der Waals surface area contributed by atoms with Crippen LogP contribution in [0.25, 0.3) is 0 Å². The number of aryl methyl sites for hydroxylation is 2. The SMILES string of the molecule is Cc1ccc(OC(CCCCN)C(=O)O)c(C)c1. The summed E-state index contributed by atoms with van der Waals surface area (Å²) in [5, 5.41) is 9.12. The summed E-state index contributed by atoms with van der Waals surface area (Å²) < 4.78 is 5.57. The highest BCUT2D eigenvalue weighted by Crippen LogP contribution is 2.21. The molecule has 0 spiro atoms. The zero-order valence-corrected chi connectivity index (χ0v) is 11.0. The van der Waals surface area contributed by atoms with E-state index in [2.05, 4.69) is 0 Å². The van der Waals surface area contributed by atoms with Gasteiger partial charge in [0.1, 0.15) is 5.75 Å². The van der Waals surface area contributed by atoms with Crippen molar-refractivity contribution in [2.24, 2.45) is 5.73 Å². The smallest absolute Gasteiger partial charge is 0.344 e. The number of ether oxygens (including phenoxy) is 1. The summed E-state index contributed by atoms with van der Waals surface area (Å²) in [5.41, 5.74) is 7.49. The third kappa shape index (κ3) is 4.37. The molecule has 4 heteroatoms. The lowest BCUT2D eigenvalue weighted by Gasteiger charge is -2.16. The fourth-order valence-corrected chi connectivity index (χ4v) is 1.79. The fourth-order valence-electron chi connectivity index (χ4n) is 1.79. The van der Waals surface area contributed by atoms with E-state index >= 15 is 0 Å². The Kier molecular flexibility index (Phi) is 5.65. The minimum atomic E-state index is -0.924. The lowest BCUT2D eigenvalue weighted by atomic mass is 10.1. The molecule has 0 aliphatic heterocycles. The van der Waals surface area contributed by atoms with Gasteiger partial charge in [-0.25, -0.2) is 4.79 Å². The summed E-state index contributed by atoms with van der Waals surface area (Å²) in [4.78, 5) is 11.1. The second kappa shape index (κ2) is 7.01. The first-order valence-corrected chi connectivity index (χ1v) is 6.21. The van der Waals surface area contributed by atoms with Gasteiger partial charge in [0.25, 0.3) is 0 Å². The molecule has 1 unspecified atom stereocenters. The van der Waals surface area contributed by atoms with Crippen molar-refractivity contribution in [3.05, 3.63) is 29.3 Å². The number of unbranched alkanes of at least 4 members (excludes halogenated alkanes) is 1. The van der Waals surface area contributed by atoms with Crippen LogP contribution in [0.3, 0.4) is 0 Å². The van der Waals surface area contributed by atoms with Crippen LogP contribution in [0.2, 0.25) is 0 Å². The Morgan fingerprint density at radius 3 is 2.67 bits per heavy atom. The van der Waals surface area contributed by atoms with Gasteiger partial charge in [-0.05, 0) is 51.3 Å². The molecular formula is C14H21NO3. The van der Waals surface area contributed by atoms with E-state index in [0.29, 0.717) is 18.7 Å². The van der Waals surface area contributed by atoms with Crippen LogP contribution in [-0.2, 0) is 4.79 Å². The lowest BCUT2D eigenvalue weighted by Crippen LogP contribution is -2.27. The third-order valence-electron chi connectivity index (χ3n) is 2.80. The van der Waals surface area contributed by atoms with Gasteiger partial charge in [-0.3, -0.25) is 0 Å². The topological polar surface area (TPSA) is 72.5 Å². The number of benzene rings is 1. The zero-order valence-electron chi connectivity index (χ0n) is 11.0. The number of carboxylic acid groups (broad SMARTS) is 1. The van der Waals surface area contributed by atoms with E-state index in [4.69, 9.17) is 15.6 Å². The standard InChI is InChI=1S/C14H21NO3/c1-10-6-7-12(11(2)9-10)18-13(14(16)17)5-3-4-8-15/h6-7,9,13H,3-5,8,15H2,1-2H3,(H,16,17).